The number of carbonyl (C=O) groups is 1. The minimum Gasteiger partial charge on any atom is -0.383 e. The van der Waals surface area contributed by atoms with Crippen LogP contribution in [0.25, 0.3) is 0 Å². The van der Waals surface area contributed by atoms with Crippen molar-refractivity contribution in [2.45, 2.75) is 51.3 Å². The average Bonchev–Trinajstić information content (AvgIpc) is 3.21. The number of hydrogen-bond donors (Lipinski definition) is 3. The van der Waals surface area contributed by atoms with Gasteiger partial charge >= 0.3 is 6.03 Å². The van der Waals surface area contributed by atoms with Crippen LogP contribution in [-0.2, 0) is 12.6 Å². The number of nitrogens with one attached hydrogen (secondary N) is 2. The van der Waals surface area contributed by atoms with Gasteiger partial charge in [0.05, 0.1) is 12.7 Å². The van der Waals surface area contributed by atoms with Crippen LogP contribution in [0.15, 0.2) is 12.4 Å². The molecule has 1 aliphatic rings. The van der Waals surface area contributed by atoms with Gasteiger partial charge in [0.2, 0.25) is 0 Å². The average molecular weight is 323 g/mol. The number of urea groups is 1. The lowest BCUT2D eigenvalue weighted by Crippen LogP contribution is -2.46. The van der Waals surface area contributed by atoms with Gasteiger partial charge in [0.25, 0.3) is 0 Å². The Labute approximate surface area is 138 Å². The van der Waals surface area contributed by atoms with Crippen molar-refractivity contribution in [1.82, 2.24) is 25.3 Å². The first-order valence-electron chi connectivity index (χ1n) is 8.28. The fourth-order valence-electron chi connectivity index (χ4n) is 2.68. The summed E-state index contributed by atoms with van der Waals surface area (Å²) in [6, 6.07) is 0.929. The molecule has 0 aromatic carbocycles. The molecule has 7 heteroatoms. The molecule has 1 aromatic heterocycles. The van der Waals surface area contributed by atoms with Crippen molar-refractivity contribution in [3.05, 3.63) is 18.0 Å². The third-order valence-electron chi connectivity index (χ3n) is 4.25. The summed E-state index contributed by atoms with van der Waals surface area (Å²) in [5.41, 5.74) is -0.455. The number of aryl methyl sites for hydroxylation is 1. The zero-order chi connectivity index (χ0) is 17.0. The Hall–Kier alpha value is -1.60. The van der Waals surface area contributed by atoms with E-state index in [1.165, 1.54) is 12.8 Å². The summed E-state index contributed by atoms with van der Waals surface area (Å²) >= 11 is 0. The van der Waals surface area contributed by atoms with E-state index in [1.54, 1.807) is 31.0 Å². The maximum absolute atomic E-state index is 11.9. The molecule has 1 saturated carbocycles. The van der Waals surface area contributed by atoms with Gasteiger partial charge in [0.1, 0.15) is 5.60 Å². The third kappa shape index (κ3) is 5.21. The van der Waals surface area contributed by atoms with Crippen LogP contribution in [0.1, 0.15) is 39.2 Å². The molecule has 0 bridgehead atoms. The topological polar surface area (TPSA) is 82.4 Å². The van der Waals surface area contributed by atoms with E-state index >= 15 is 0 Å². The molecule has 1 fully saturated rings. The first-order chi connectivity index (χ1) is 10.8. The van der Waals surface area contributed by atoms with Gasteiger partial charge < -0.3 is 15.7 Å². The molecule has 2 amide bonds. The number of amides is 2. The molecule has 0 saturated heterocycles. The fraction of sp³-hybridized carbons (Fsp3) is 0.750. The molecular weight excluding hydrogens is 294 g/mol. The quantitative estimate of drug-likeness (QED) is 0.661. The van der Waals surface area contributed by atoms with Gasteiger partial charge in [-0.15, -0.1) is 0 Å². The minimum absolute atomic E-state index is 0.140. The van der Waals surface area contributed by atoms with Gasteiger partial charge in [0.15, 0.2) is 0 Å². The smallest absolute Gasteiger partial charge is 0.314 e. The summed E-state index contributed by atoms with van der Waals surface area (Å²) in [4.78, 5) is 14.3. The predicted molar refractivity (Wildman–Crippen MR) is 89.0 cm³/mol. The Bertz CT molecular complexity index is 520. The molecule has 1 atom stereocenters. The van der Waals surface area contributed by atoms with E-state index in [9.17, 15) is 9.90 Å². The monoisotopic (exact) mass is 323 g/mol. The van der Waals surface area contributed by atoms with Crippen LogP contribution in [0.4, 0.5) is 4.79 Å². The van der Waals surface area contributed by atoms with Gasteiger partial charge in [-0.1, -0.05) is 0 Å². The maximum Gasteiger partial charge on any atom is 0.314 e. The van der Waals surface area contributed by atoms with Crippen molar-refractivity contribution in [1.29, 1.82) is 0 Å². The highest BCUT2D eigenvalue weighted by atomic mass is 16.3. The Morgan fingerprint density at radius 1 is 1.52 bits per heavy atom. The normalized spacial score (nSPS) is 17.3. The van der Waals surface area contributed by atoms with E-state index in [2.05, 4.69) is 34.5 Å². The van der Waals surface area contributed by atoms with Gasteiger partial charge in [-0.25, -0.2) is 4.79 Å². The number of carbonyl (C=O) groups excluding carboxylic acids is 1. The van der Waals surface area contributed by atoms with E-state index in [1.807, 2.05) is 0 Å². The molecule has 1 aliphatic carbocycles. The molecule has 7 nitrogen and oxygen atoms in total. The minimum atomic E-state index is -1.14. The summed E-state index contributed by atoms with van der Waals surface area (Å²) in [5.74, 6) is 0. The lowest BCUT2D eigenvalue weighted by molar-refractivity contribution is 0.0593. The molecule has 130 valence electrons. The Balaban J connectivity index is 1.70. The lowest BCUT2D eigenvalue weighted by atomic mass is 10.00. The number of nitrogens with zero attached hydrogens (tertiary/aromatic N) is 3. The van der Waals surface area contributed by atoms with Crippen molar-refractivity contribution in [3.63, 3.8) is 0 Å². The molecule has 1 heterocycles. The zero-order valence-corrected chi connectivity index (χ0v) is 14.5. The number of aromatic nitrogens is 2. The van der Waals surface area contributed by atoms with E-state index < -0.39 is 5.60 Å². The van der Waals surface area contributed by atoms with E-state index in [-0.39, 0.29) is 12.6 Å². The summed E-state index contributed by atoms with van der Waals surface area (Å²) in [7, 11) is 1.79. The molecule has 0 spiro atoms. The third-order valence-corrected chi connectivity index (χ3v) is 4.25. The van der Waals surface area contributed by atoms with Crippen LogP contribution in [0.5, 0.6) is 0 Å². The van der Waals surface area contributed by atoms with Crippen LogP contribution >= 0.6 is 0 Å². The van der Waals surface area contributed by atoms with Crippen LogP contribution < -0.4 is 10.6 Å². The van der Waals surface area contributed by atoms with Crippen LogP contribution in [0.3, 0.4) is 0 Å². The zero-order valence-electron chi connectivity index (χ0n) is 14.5. The molecule has 2 rings (SSSR count). The number of rotatable bonds is 8. The van der Waals surface area contributed by atoms with Crippen LogP contribution in [0.2, 0.25) is 0 Å². The van der Waals surface area contributed by atoms with Crippen molar-refractivity contribution >= 4 is 6.03 Å². The highest BCUT2D eigenvalue weighted by Gasteiger charge is 2.30. The van der Waals surface area contributed by atoms with Gasteiger partial charge in [-0.2, -0.15) is 5.10 Å². The van der Waals surface area contributed by atoms with E-state index in [0.717, 1.165) is 6.54 Å². The second-order valence-electron chi connectivity index (χ2n) is 6.85. The van der Waals surface area contributed by atoms with Crippen LogP contribution in [0, 0.1) is 0 Å². The molecule has 1 unspecified atom stereocenters. The lowest BCUT2D eigenvalue weighted by Gasteiger charge is -2.26. The predicted octanol–water partition coefficient (Wildman–Crippen LogP) is 0.800. The van der Waals surface area contributed by atoms with Gasteiger partial charge in [-0.3, -0.25) is 9.58 Å². The summed E-state index contributed by atoms with van der Waals surface area (Å²) in [5, 5.41) is 20.0. The van der Waals surface area contributed by atoms with Gasteiger partial charge in [0, 0.05) is 44.0 Å². The standard InChI is InChI=1S/C16H29N5O2/c1-12(2)21(14-5-6-14)8-7-17-15(22)18-11-16(3,23)13-9-19-20(4)10-13/h9-10,12,14,23H,5-8,11H2,1-4H3,(H2,17,18,22). The van der Waals surface area contributed by atoms with E-state index in [4.69, 9.17) is 0 Å². The Morgan fingerprint density at radius 2 is 2.22 bits per heavy atom. The molecule has 3 N–H and O–H groups in total. The van der Waals surface area contributed by atoms with Crippen molar-refractivity contribution in [2.75, 3.05) is 19.6 Å². The Kier molecular flexibility index (Phi) is 5.64. The van der Waals surface area contributed by atoms with Crippen LogP contribution in [-0.4, -0.2) is 57.5 Å². The SMILES string of the molecule is CC(C)N(CCNC(=O)NCC(C)(O)c1cnn(C)c1)C1CC1. The summed E-state index contributed by atoms with van der Waals surface area (Å²) in [6.45, 7) is 7.64. The molecule has 1 aromatic rings. The summed E-state index contributed by atoms with van der Waals surface area (Å²) in [6.07, 6.45) is 5.88. The summed E-state index contributed by atoms with van der Waals surface area (Å²) < 4.78 is 1.63. The Morgan fingerprint density at radius 3 is 2.74 bits per heavy atom. The fourth-order valence-corrected chi connectivity index (χ4v) is 2.68. The second kappa shape index (κ2) is 7.31. The molecular formula is C16H29N5O2. The second-order valence-corrected chi connectivity index (χ2v) is 6.85. The first kappa shape index (κ1) is 17.7. The first-order valence-corrected chi connectivity index (χ1v) is 8.28. The number of aliphatic hydroxyl groups is 1. The maximum atomic E-state index is 11.9. The van der Waals surface area contributed by atoms with Crippen molar-refractivity contribution in [3.8, 4) is 0 Å². The van der Waals surface area contributed by atoms with E-state index in [0.29, 0.717) is 24.2 Å². The van der Waals surface area contributed by atoms with Crippen molar-refractivity contribution < 1.29 is 9.90 Å². The molecule has 0 radical (unpaired) electrons. The largest absolute Gasteiger partial charge is 0.383 e. The highest BCUT2D eigenvalue weighted by molar-refractivity contribution is 5.73. The highest BCUT2D eigenvalue weighted by Crippen LogP contribution is 2.27. The molecule has 23 heavy (non-hydrogen) atoms. The van der Waals surface area contributed by atoms with Crippen molar-refractivity contribution in [2.24, 2.45) is 7.05 Å². The number of hydrogen-bond acceptors (Lipinski definition) is 4. The van der Waals surface area contributed by atoms with Gasteiger partial charge in [-0.05, 0) is 33.6 Å². The molecule has 0 aliphatic heterocycles.